The van der Waals surface area contributed by atoms with E-state index in [0.717, 1.165) is 12.8 Å². The molecule has 0 atom stereocenters. The number of rotatable bonds is 3. The topological polar surface area (TPSA) is 23.8 Å². The van der Waals surface area contributed by atoms with Crippen LogP contribution in [-0.4, -0.2) is 0 Å². The van der Waals surface area contributed by atoms with Crippen LogP contribution in [0.3, 0.4) is 0 Å². The number of allylic oxidation sites excluding steroid dienone is 1. The van der Waals surface area contributed by atoms with E-state index >= 15 is 0 Å². The van der Waals surface area contributed by atoms with Gasteiger partial charge in [-0.25, -0.2) is 0 Å². The fourth-order valence-corrected chi connectivity index (χ4v) is 0.519. The van der Waals surface area contributed by atoms with Crippen molar-refractivity contribution in [2.45, 2.75) is 26.7 Å². The monoisotopic (exact) mass is 123 g/mol. The third-order valence-electron chi connectivity index (χ3n) is 1.18. The maximum absolute atomic E-state index is 8.30. The molecule has 0 aromatic rings. The third kappa shape index (κ3) is 5.10. The molecule has 0 aromatic heterocycles. The van der Waals surface area contributed by atoms with Crippen LogP contribution in [-0.2, 0) is 0 Å². The van der Waals surface area contributed by atoms with E-state index in [1.807, 2.05) is 6.07 Å². The zero-order valence-corrected chi connectivity index (χ0v) is 6.15. The first-order valence-electron chi connectivity index (χ1n) is 3.24. The molecule has 0 saturated carbocycles. The molecule has 0 aliphatic rings. The molecule has 0 aromatic carbocycles. The Kier molecular flexibility index (Phi) is 3.79. The number of hydrogen-bond donors (Lipinski definition) is 0. The zero-order valence-electron chi connectivity index (χ0n) is 6.15. The molecule has 0 bridgehead atoms. The number of hydrogen-bond acceptors (Lipinski definition) is 1. The standard InChI is InChI=1S/C8H13N/c1-7(2)4-5-8(3)6-9/h7H,3-5H2,1-2H3. The smallest absolute Gasteiger partial charge is 0.0940 e. The molecule has 1 heteroatoms. The maximum Gasteiger partial charge on any atom is 0.0940 e. The first kappa shape index (κ1) is 8.23. The van der Waals surface area contributed by atoms with E-state index in [0.29, 0.717) is 11.5 Å². The average Bonchev–Trinajstić information content (AvgIpc) is 1.83. The summed E-state index contributed by atoms with van der Waals surface area (Å²) in [5, 5.41) is 8.30. The van der Waals surface area contributed by atoms with Gasteiger partial charge in [-0.15, -0.1) is 0 Å². The Morgan fingerprint density at radius 3 is 2.56 bits per heavy atom. The van der Waals surface area contributed by atoms with Crippen molar-refractivity contribution in [1.29, 1.82) is 5.26 Å². The lowest BCUT2D eigenvalue weighted by Gasteiger charge is -2.00. The predicted octanol–water partition coefficient (Wildman–Crippen LogP) is 2.50. The average molecular weight is 123 g/mol. The first-order valence-corrected chi connectivity index (χ1v) is 3.24. The summed E-state index contributed by atoms with van der Waals surface area (Å²) in [6, 6.07) is 2.03. The number of nitrogens with zero attached hydrogens (tertiary/aromatic N) is 1. The van der Waals surface area contributed by atoms with Crippen LogP contribution in [0.5, 0.6) is 0 Å². The van der Waals surface area contributed by atoms with Crippen LogP contribution in [0.4, 0.5) is 0 Å². The van der Waals surface area contributed by atoms with Gasteiger partial charge in [-0.05, 0) is 18.8 Å². The van der Waals surface area contributed by atoms with Crippen LogP contribution in [0.1, 0.15) is 26.7 Å². The van der Waals surface area contributed by atoms with Gasteiger partial charge in [0.2, 0.25) is 0 Å². The van der Waals surface area contributed by atoms with E-state index in [-0.39, 0.29) is 0 Å². The first-order chi connectivity index (χ1) is 4.16. The highest BCUT2D eigenvalue weighted by atomic mass is 14.2. The van der Waals surface area contributed by atoms with E-state index in [4.69, 9.17) is 5.26 Å². The second-order valence-electron chi connectivity index (χ2n) is 2.65. The van der Waals surface area contributed by atoms with Gasteiger partial charge in [-0.3, -0.25) is 0 Å². The minimum Gasteiger partial charge on any atom is -0.193 e. The van der Waals surface area contributed by atoms with Gasteiger partial charge in [0.1, 0.15) is 0 Å². The van der Waals surface area contributed by atoms with Gasteiger partial charge in [0.05, 0.1) is 6.07 Å². The van der Waals surface area contributed by atoms with Crippen LogP contribution >= 0.6 is 0 Å². The van der Waals surface area contributed by atoms with Gasteiger partial charge >= 0.3 is 0 Å². The minimum absolute atomic E-state index is 0.676. The lowest BCUT2D eigenvalue weighted by molar-refractivity contribution is 0.589. The van der Waals surface area contributed by atoms with Gasteiger partial charge in [-0.1, -0.05) is 20.4 Å². The number of nitriles is 1. The van der Waals surface area contributed by atoms with Crippen molar-refractivity contribution in [3.63, 3.8) is 0 Å². The summed E-state index contributed by atoms with van der Waals surface area (Å²) in [7, 11) is 0. The van der Waals surface area contributed by atoms with Gasteiger partial charge in [0, 0.05) is 5.57 Å². The van der Waals surface area contributed by atoms with Crippen molar-refractivity contribution in [3.8, 4) is 6.07 Å². The molecule has 1 nitrogen and oxygen atoms in total. The molecule has 0 aliphatic carbocycles. The SMILES string of the molecule is C=C(C#N)CCC(C)C. The molecule has 0 rings (SSSR count). The Labute approximate surface area is 57.0 Å². The van der Waals surface area contributed by atoms with E-state index < -0.39 is 0 Å². The summed E-state index contributed by atoms with van der Waals surface area (Å²) < 4.78 is 0. The molecule has 0 N–H and O–H groups in total. The van der Waals surface area contributed by atoms with Crippen LogP contribution in [0.2, 0.25) is 0 Å². The Morgan fingerprint density at radius 2 is 2.22 bits per heavy atom. The second kappa shape index (κ2) is 4.14. The lowest BCUT2D eigenvalue weighted by atomic mass is 10.1. The Bertz CT molecular complexity index is 128. The molecule has 0 heterocycles. The molecule has 0 unspecified atom stereocenters. The summed E-state index contributed by atoms with van der Waals surface area (Å²) in [4.78, 5) is 0. The molecule has 0 fully saturated rings. The summed E-state index contributed by atoms with van der Waals surface area (Å²) in [5.41, 5.74) is 0.698. The van der Waals surface area contributed by atoms with E-state index in [9.17, 15) is 0 Å². The molecule has 0 aliphatic heterocycles. The van der Waals surface area contributed by atoms with Crippen LogP contribution in [0.25, 0.3) is 0 Å². The lowest BCUT2D eigenvalue weighted by Crippen LogP contribution is -1.86. The van der Waals surface area contributed by atoms with Crippen LogP contribution in [0.15, 0.2) is 12.2 Å². The van der Waals surface area contributed by atoms with E-state index in [1.165, 1.54) is 0 Å². The molecular formula is C8H13N. The maximum atomic E-state index is 8.30. The van der Waals surface area contributed by atoms with E-state index in [2.05, 4.69) is 20.4 Å². The van der Waals surface area contributed by atoms with Gasteiger partial charge in [0.15, 0.2) is 0 Å². The van der Waals surface area contributed by atoms with Crippen LogP contribution in [0, 0.1) is 17.2 Å². The van der Waals surface area contributed by atoms with Crippen molar-refractivity contribution in [2.24, 2.45) is 5.92 Å². The van der Waals surface area contributed by atoms with Crippen molar-refractivity contribution in [2.75, 3.05) is 0 Å². The van der Waals surface area contributed by atoms with Gasteiger partial charge in [0.25, 0.3) is 0 Å². The molecule has 9 heavy (non-hydrogen) atoms. The normalized spacial score (nSPS) is 9.11. The Balaban J connectivity index is 3.31. The second-order valence-corrected chi connectivity index (χ2v) is 2.65. The third-order valence-corrected chi connectivity index (χ3v) is 1.18. The predicted molar refractivity (Wildman–Crippen MR) is 38.8 cm³/mol. The van der Waals surface area contributed by atoms with Crippen molar-refractivity contribution in [3.05, 3.63) is 12.2 Å². The highest BCUT2D eigenvalue weighted by Crippen LogP contribution is 2.08. The molecule has 0 spiro atoms. The Hall–Kier alpha value is -0.770. The minimum atomic E-state index is 0.676. The van der Waals surface area contributed by atoms with Crippen molar-refractivity contribution in [1.82, 2.24) is 0 Å². The summed E-state index contributed by atoms with van der Waals surface area (Å²) in [6.45, 7) is 7.87. The largest absolute Gasteiger partial charge is 0.193 e. The fraction of sp³-hybridized carbons (Fsp3) is 0.625. The highest BCUT2D eigenvalue weighted by molar-refractivity contribution is 5.15. The molecule has 0 saturated heterocycles. The summed E-state index contributed by atoms with van der Waals surface area (Å²) in [6.07, 6.45) is 1.93. The molecule has 0 radical (unpaired) electrons. The fourth-order valence-electron chi connectivity index (χ4n) is 0.519. The van der Waals surface area contributed by atoms with Crippen molar-refractivity contribution >= 4 is 0 Å². The van der Waals surface area contributed by atoms with Crippen molar-refractivity contribution < 1.29 is 0 Å². The van der Waals surface area contributed by atoms with E-state index in [1.54, 1.807) is 0 Å². The summed E-state index contributed by atoms with van der Waals surface area (Å²) >= 11 is 0. The van der Waals surface area contributed by atoms with Gasteiger partial charge in [-0.2, -0.15) is 5.26 Å². The Morgan fingerprint density at radius 1 is 1.67 bits per heavy atom. The molecule has 50 valence electrons. The molecular weight excluding hydrogens is 110 g/mol. The zero-order chi connectivity index (χ0) is 7.28. The molecule has 0 amide bonds. The van der Waals surface area contributed by atoms with Crippen LogP contribution < -0.4 is 0 Å². The quantitative estimate of drug-likeness (QED) is 0.529. The summed E-state index contributed by atoms with van der Waals surface area (Å²) in [5.74, 6) is 0.676. The van der Waals surface area contributed by atoms with Gasteiger partial charge < -0.3 is 0 Å². The highest BCUT2D eigenvalue weighted by Gasteiger charge is 1.94.